The van der Waals surface area contributed by atoms with Gasteiger partial charge in [-0.05, 0) is 47.9 Å². The molecule has 1 N–H and O–H groups in total. The van der Waals surface area contributed by atoms with Crippen LogP contribution in [0.4, 0.5) is 15.9 Å². The quantitative estimate of drug-likeness (QED) is 0.284. The summed E-state index contributed by atoms with van der Waals surface area (Å²) in [5, 5.41) is 4.17. The summed E-state index contributed by atoms with van der Waals surface area (Å²) in [5.41, 5.74) is 1.47. The summed E-state index contributed by atoms with van der Waals surface area (Å²) in [7, 11) is 6.84. The van der Waals surface area contributed by atoms with Crippen LogP contribution in [-0.4, -0.2) is 44.2 Å². The molecule has 5 aromatic rings. The number of amides is 1. The Bertz CT molecular complexity index is 1660. The summed E-state index contributed by atoms with van der Waals surface area (Å²) in [5.74, 6) is 1.25. The van der Waals surface area contributed by atoms with Gasteiger partial charge in [-0.1, -0.05) is 12.1 Å². The van der Waals surface area contributed by atoms with Gasteiger partial charge in [-0.2, -0.15) is 0 Å². The normalized spacial score (nSPS) is 10.9. The number of halogens is 1. The average Bonchev–Trinajstić information content (AvgIpc) is 2.93. The second kappa shape index (κ2) is 10.2. The summed E-state index contributed by atoms with van der Waals surface area (Å²) in [6, 6.07) is 16.8. The SMILES string of the molecule is COc1cc2nccc(Oc3ccc4c(C(=O)Nc5ccc(N(C)C)nc5)cccc4c3F)c2cc1OC. The van der Waals surface area contributed by atoms with E-state index in [-0.39, 0.29) is 17.0 Å². The zero-order valence-electron chi connectivity index (χ0n) is 21.3. The minimum atomic E-state index is -0.584. The molecule has 5 rings (SSSR count). The van der Waals surface area contributed by atoms with Gasteiger partial charge in [-0.15, -0.1) is 0 Å². The van der Waals surface area contributed by atoms with Crippen LogP contribution < -0.4 is 24.4 Å². The van der Waals surface area contributed by atoms with E-state index < -0.39 is 5.82 Å². The number of methoxy groups -OCH3 is 2. The number of pyridine rings is 2. The third kappa shape index (κ3) is 4.61. The Balaban J connectivity index is 1.47. The predicted molar refractivity (Wildman–Crippen MR) is 145 cm³/mol. The number of carbonyl (C=O) groups excluding carboxylic acids is 1. The number of carbonyl (C=O) groups is 1. The Hall–Kier alpha value is -4.92. The van der Waals surface area contributed by atoms with Crippen molar-refractivity contribution in [3.63, 3.8) is 0 Å². The van der Waals surface area contributed by atoms with E-state index in [1.54, 1.807) is 74.1 Å². The zero-order valence-corrected chi connectivity index (χ0v) is 21.3. The molecule has 9 heteroatoms. The number of fused-ring (bicyclic) bond motifs is 2. The van der Waals surface area contributed by atoms with Gasteiger partial charge in [-0.25, -0.2) is 9.37 Å². The molecule has 0 atom stereocenters. The number of anilines is 2. The van der Waals surface area contributed by atoms with Crippen LogP contribution in [-0.2, 0) is 0 Å². The van der Waals surface area contributed by atoms with E-state index in [4.69, 9.17) is 14.2 Å². The van der Waals surface area contributed by atoms with Crippen LogP contribution in [0.15, 0.2) is 73.1 Å². The van der Waals surface area contributed by atoms with Gasteiger partial charge in [0.25, 0.3) is 5.91 Å². The molecule has 0 aliphatic rings. The molecule has 2 aromatic heterocycles. The third-order valence-corrected chi connectivity index (χ3v) is 6.10. The van der Waals surface area contributed by atoms with Crippen molar-refractivity contribution in [2.75, 3.05) is 38.5 Å². The molecule has 0 aliphatic heterocycles. The Morgan fingerprint density at radius 2 is 1.63 bits per heavy atom. The van der Waals surface area contributed by atoms with Crippen molar-refractivity contribution in [2.45, 2.75) is 0 Å². The second-order valence-corrected chi connectivity index (χ2v) is 8.67. The number of ether oxygens (including phenoxy) is 3. The fourth-order valence-corrected chi connectivity index (χ4v) is 4.16. The first kappa shape index (κ1) is 24.8. The molecule has 0 bridgehead atoms. The van der Waals surface area contributed by atoms with Gasteiger partial charge >= 0.3 is 0 Å². The maximum atomic E-state index is 15.7. The molecule has 2 heterocycles. The van der Waals surface area contributed by atoms with Crippen molar-refractivity contribution < 1.29 is 23.4 Å². The lowest BCUT2D eigenvalue weighted by atomic mass is 10.0. The maximum Gasteiger partial charge on any atom is 0.256 e. The number of nitrogens with zero attached hydrogens (tertiary/aromatic N) is 3. The second-order valence-electron chi connectivity index (χ2n) is 8.67. The number of hydrogen-bond donors (Lipinski definition) is 1. The highest BCUT2D eigenvalue weighted by molar-refractivity contribution is 6.13. The van der Waals surface area contributed by atoms with Crippen LogP contribution in [0.2, 0.25) is 0 Å². The number of nitrogens with one attached hydrogen (secondary N) is 1. The third-order valence-electron chi connectivity index (χ3n) is 6.10. The topological polar surface area (TPSA) is 85.8 Å². The molecular weight excluding hydrogens is 487 g/mol. The number of hydrogen-bond acceptors (Lipinski definition) is 7. The molecule has 0 saturated heterocycles. The standard InChI is InChI=1S/C29H25FN4O4/c1-34(2)27-11-8-17(16-32-27)33-29(35)20-7-5-6-19-18(20)9-10-24(28(19)30)38-23-12-13-31-22-15-26(37-4)25(36-3)14-21(22)23/h5-16H,1-4H3,(H,33,35). The highest BCUT2D eigenvalue weighted by Crippen LogP contribution is 2.38. The predicted octanol–water partition coefficient (Wildman–Crippen LogP) is 6.05. The molecule has 8 nitrogen and oxygen atoms in total. The zero-order chi connectivity index (χ0) is 26.8. The molecule has 1 amide bonds. The molecule has 0 spiro atoms. The van der Waals surface area contributed by atoms with Gasteiger partial charge in [-0.3, -0.25) is 9.78 Å². The minimum absolute atomic E-state index is 0.0146. The Labute approximate surface area is 218 Å². The molecule has 0 radical (unpaired) electrons. The first-order valence-electron chi connectivity index (χ1n) is 11.7. The van der Waals surface area contributed by atoms with Crippen LogP contribution in [0.3, 0.4) is 0 Å². The summed E-state index contributed by atoms with van der Waals surface area (Å²) >= 11 is 0. The van der Waals surface area contributed by atoms with Crippen LogP contribution in [0, 0.1) is 5.82 Å². The summed E-state index contributed by atoms with van der Waals surface area (Å²) in [6.45, 7) is 0. The number of rotatable bonds is 7. The fraction of sp³-hybridized carbons (Fsp3) is 0.138. The molecule has 0 fully saturated rings. The lowest BCUT2D eigenvalue weighted by molar-refractivity contribution is 0.102. The van der Waals surface area contributed by atoms with Gasteiger partial charge in [0.2, 0.25) is 0 Å². The van der Waals surface area contributed by atoms with Crippen LogP contribution in [0.25, 0.3) is 21.7 Å². The highest BCUT2D eigenvalue weighted by atomic mass is 19.1. The van der Waals surface area contributed by atoms with Crippen molar-refractivity contribution >= 4 is 39.1 Å². The average molecular weight is 513 g/mol. The van der Waals surface area contributed by atoms with E-state index in [9.17, 15) is 4.79 Å². The Kier molecular flexibility index (Phi) is 6.66. The van der Waals surface area contributed by atoms with Crippen molar-refractivity contribution in [3.05, 3.63) is 84.4 Å². The van der Waals surface area contributed by atoms with E-state index in [0.717, 1.165) is 5.82 Å². The summed E-state index contributed by atoms with van der Waals surface area (Å²) < 4.78 is 32.4. The Morgan fingerprint density at radius 1 is 0.842 bits per heavy atom. The monoisotopic (exact) mass is 512 g/mol. The van der Waals surface area contributed by atoms with Crippen LogP contribution >= 0.6 is 0 Å². The first-order chi connectivity index (χ1) is 18.4. The summed E-state index contributed by atoms with van der Waals surface area (Å²) in [4.78, 5) is 23.6. The molecule has 192 valence electrons. The number of aromatic nitrogens is 2. The van der Waals surface area contributed by atoms with Gasteiger partial charge in [0.15, 0.2) is 23.1 Å². The van der Waals surface area contributed by atoms with E-state index in [2.05, 4.69) is 15.3 Å². The Morgan fingerprint density at radius 3 is 2.34 bits per heavy atom. The lowest BCUT2D eigenvalue weighted by Crippen LogP contribution is -2.14. The molecule has 38 heavy (non-hydrogen) atoms. The van der Waals surface area contributed by atoms with E-state index in [1.165, 1.54) is 13.2 Å². The van der Waals surface area contributed by atoms with Crippen molar-refractivity contribution in [1.82, 2.24) is 9.97 Å². The minimum Gasteiger partial charge on any atom is -0.493 e. The van der Waals surface area contributed by atoms with Crippen molar-refractivity contribution in [3.8, 4) is 23.0 Å². The van der Waals surface area contributed by atoms with Crippen molar-refractivity contribution in [1.29, 1.82) is 0 Å². The van der Waals surface area contributed by atoms with Crippen LogP contribution in [0.5, 0.6) is 23.0 Å². The van der Waals surface area contributed by atoms with Gasteiger partial charge in [0, 0.05) is 42.7 Å². The van der Waals surface area contributed by atoms with Gasteiger partial charge in [0.05, 0.1) is 31.6 Å². The molecular formula is C29H25FN4O4. The van der Waals surface area contributed by atoms with Crippen molar-refractivity contribution in [2.24, 2.45) is 0 Å². The molecule has 3 aromatic carbocycles. The van der Waals surface area contributed by atoms with Gasteiger partial charge in [0.1, 0.15) is 11.6 Å². The number of benzene rings is 3. The van der Waals surface area contributed by atoms with E-state index >= 15 is 4.39 Å². The smallest absolute Gasteiger partial charge is 0.256 e. The van der Waals surface area contributed by atoms with E-state index in [0.29, 0.717) is 44.8 Å². The molecule has 0 saturated carbocycles. The molecule has 0 unspecified atom stereocenters. The van der Waals surface area contributed by atoms with Gasteiger partial charge < -0.3 is 24.4 Å². The first-order valence-corrected chi connectivity index (χ1v) is 11.7. The fourth-order valence-electron chi connectivity index (χ4n) is 4.16. The highest BCUT2D eigenvalue weighted by Gasteiger charge is 2.17. The lowest BCUT2D eigenvalue weighted by Gasteiger charge is -2.14. The maximum absolute atomic E-state index is 15.7. The van der Waals surface area contributed by atoms with E-state index in [1.807, 2.05) is 19.0 Å². The molecule has 0 aliphatic carbocycles. The van der Waals surface area contributed by atoms with Crippen LogP contribution in [0.1, 0.15) is 10.4 Å². The summed E-state index contributed by atoms with van der Waals surface area (Å²) in [6.07, 6.45) is 3.15. The largest absolute Gasteiger partial charge is 0.493 e.